The third-order valence-corrected chi connectivity index (χ3v) is 3.10. The lowest BCUT2D eigenvalue weighted by atomic mass is 9.96. The van der Waals surface area contributed by atoms with E-state index in [4.69, 9.17) is 14.6 Å². The highest BCUT2D eigenvalue weighted by Gasteiger charge is 2.43. The van der Waals surface area contributed by atoms with Gasteiger partial charge in [0, 0.05) is 20.1 Å². The summed E-state index contributed by atoms with van der Waals surface area (Å²) in [5.74, 6) is -0.739. The minimum atomic E-state index is -1.37. The first kappa shape index (κ1) is 16.3. The molecule has 1 rings (SSSR count). The van der Waals surface area contributed by atoms with Gasteiger partial charge in [0.05, 0.1) is 12.1 Å². The molecule has 0 bridgehead atoms. The Balaban J connectivity index is 2.64. The highest BCUT2D eigenvalue weighted by Crippen LogP contribution is 2.21. The lowest BCUT2D eigenvalue weighted by Crippen LogP contribution is -2.63. The molecule has 112 valence electrons. The van der Waals surface area contributed by atoms with Gasteiger partial charge in [0.25, 0.3) is 0 Å². The summed E-state index contributed by atoms with van der Waals surface area (Å²) in [6.07, 6.45) is -5.64. The van der Waals surface area contributed by atoms with Gasteiger partial charge in [0.15, 0.2) is 6.29 Å². The summed E-state index contributed by atoms with van der Waals surface area (Å²) in [6, 6.07) is -0.873. The van der Waals surface area contributed by atoms with Crippen molar-refractivity contribution < 1.29 is 34.7 Å². The van der Waals surface area contributed by atoms with Crippen molar-refractivity contribution in [2.75, 3.05) is 13.7 Å². The molecular weight excluding hydrogens is 258 g/mol. The minimum Gasteiger partial charge on any atom is -0.396 e. The van der Waals surface area contributed by atoms with Gasteiger partial charge in [-0.2, -0.15) is 0 Å². The molecule has 0 aromatic heterocycles. The van der Waals surface area contributed by atoms with Crippen molar-refractivity contribution >= 4 is 5.91 Å². The van der Waals surface area contributed by atoms with Gasteiger partial charge in [-0.1, -0.05) is 0 Å². The Bertz CT molecular complexity index is 301. The molecule has 19 heavy (non-hydrogen) atoms. The quantitative estimate of drug-likeness (QED) is 0.371. The van der Waals surface area contributed by atoms with Gasteiger partial charge in [-0.05, 0) is 6.92 Å². The summed E-state index contributed by atoms with van der Waals surface area (Å²) < 4.78 is 10.1. The molecule has 0 spiro atoms. The average molecular weight is 279 g/mol. The first-order valence-corrected chi connectivity index (χ1v) is 6.06. The van der Waals surface area contributed by atoms with E-state index in [1.807, 2.05) is 0 Å². The van der Waals surface area contributed by atoms with E-state index in [2.05, 4.69) is 5.32 Å². The summed E-state index contributed by atoms with van der Waals surface area (Å²) in [4.78, 5) is 11.6. The van der Waals surface area contributed by atoms with Crippen LogP contribution in [0, 0.1) is 0 Å². The highest BCUT2D eigenvalue weighted by molar-refractivity contribution is 5.80. The molecular formula is C11H21NO7. The van der Waals surface area contributed by atoms with E-state index in [1.54, 1.807) is 6.92 Å². The summed E-state index contributed by atoms with van der Waals surface area (Å²) in [5.41, 5.74) is 0. The van der Waals surface area contributed by atoms with Crippen LogP contribution in [-0.4, -0.2) is 76.8 Å². The van der Waals surface area contributed by atoms with Crippen molar-refractivity contribution in [3.8, 4) is 0 Å². The summed E-state index contributed by atoms with van der Waals surface area (Å²) in [7, 11) is 1.33. The number of nitrogens with one attached hydrogen (secondary N) is 1. The Kier molecular flexibility index (Phi) is 6.11. The van der Waals surface area contributed by atoms with Crippen molar-refractivity contribution in [1.82, 2.24) is 5.32 Å². The van der Waals surface area contributed by atoms with E-state index in [0.717, 1.165) is 0 Å². The van der Waals surface area contributed by atoms with E-state index >= 15 is 0 Å². The Morgan fingerprint density at radius 3 is 2.58 bits per heavy atom. The summed E-state index contributed by atoms with van der Waals surface area (Å²) in [5, 5.41) is 40.1. The lowest BCUT2D eigenvalue weighted by Gasteiger charge is -2.41. The number of rotatable bonds is 5. The van der Waals surface area contributed by atoms with Crippen LogP contribution in [0.1, 0.15) is 13.3 Å². The number of carbonyl (C=O) groups excluding carboxylic acids is 1. The first-order valence-electron chi connectivity index (χ1n) is 6.06. The Labute approximate surface area is 110 Å². The monoisotopic (exact) mass is 279 g/mol. The number of amides is 1. The molecule has 1 aliphatic heterocycles. The SMILES string of the molecule is CO[C@@H]1O[C@@H](C)[C@H](NC(=O)[C@H](O)CCO)[C@@H](O)[C@H]1O. The zero-order chi connectivity index (χ0) is 14.6. The topological polar surface area (TPSA) is 128 Å². The van der Waals surface area contributed by atoms with Crippen LogP contribution in [0.2, 0.25) is 0 Å². The maximum atomic E-state index is 11.6. The second kappa shape index (κ2) is 7.13. The number of methoxy groups -OCH3 is 1. The Morgan fingerprint density at radius 1 is 1.42 bits per heavy atom. The summed E-state index contributed by atoms with van der Waals surface area (Å²) in [6.45, 7) is 1.27. The molecule has 1 fully saturated rings. The van der Waals surface area contributed by atoms with Gasteiger partial charge in [-0.3, -0.25) is 4.79 Å². The average Bonchev–Trinajstić information content (AvgIpc) is 2.38. The fourth-order valence-corrected chi connectivity index (χ4v) is 1.94. The smallest absolute Gasteiger partial charge is 0.249 e. The molecule has 8 heteroatoms. The molecule has 0 unspecified atom stereocenters. The molecule has 1 amide bonds. The second-order valence-electron chi connectivity index (χ2n) is 4.49. The maximum Gasteiger partial charge on any atom is 0.249 e. The van der Waals surface area contributed by atoms with Crippen LogP contribution in [0.15, 0.2) is 0 Å². The maximum absolute atomic E-state index is 11.6. The number of carbonyl (C=O) groups is 1. The predicted molar refractivity (Wildman–Crippen MR) is 63.0 cm³/mol. The molecule has 0 aromatic carbocycles. The van der Waals surface area contributed by atoms with Crippen LogP contribution in [-0.2, 0) is 14.3 Å². The van der Waals surface area contributed by atoms with E-state index in [0.29, 0.717) is 0 Å². The largest absolute Gasteiger partial charge is 0.396 e. The fourth-order valence-electron chi connectivity index (χ4n) is 1.94. The summed E-state index contributed by atoms with van der Waals surface area (Å²) >= 11 is 0. The van der Waals surface area contributed by atoms with Crippen LogP contribution >= 0.6 is 0 Å². The zero-order valence-corrected chi connectivity index (χ0v) is 10.9. The van der Waals surface area contributed by atoms with Crippen molar-refractivity contribution in [1.29, 1.82) is 0 Å². The molecule has 0 aromatic rings. The highest BCUT2D eigenvalue weighted by atomic mass is 16.7. The molecule has 0 saturated carbocycles. The number of hydrogen-bond acceptors (Lipinski definition) is 7. The van der Waals surface area contributed by atoms with Gasteiger partial charge in [-0.25, -0.2) is 0 Å². The predicted octanol–water partition coefficient (Wildman–Crippen LogP) is -2.67. The van der Waals surface area contributed by atoms with Gasteiger partial charge in [0.2, 0.25) is 5.91 Å². The van der Waals surface area contributed by atoms with Crippen LogP contribution in [0.4, 0.5) is 0 Å². The molecule has 1 saturated heterocycles. The molecule has 0 radical (unpaired) electrons. The van der Waals surface area contributed by atoms with Crippen molar-refractivity contribution in [3.63, 3.8) is 0 Å². The number of hydrogen-bond donors (Lipinski definition) is 5. The van der Waals surface area contributed by atoms with E-state index in [-0.39, 0.29) is 13.0 Å². The molecule has 1 aliphatic rings. The first-order chi connectivity index (χ1) is 8.92. The zero-order valence-electron chi connectivity index (χ0n) is 10.9. The third kappa shape index (κ3) is 3.85. The van der Waals surface area contributed by atoms with Crippen molar-refractivity contribution in [2.24, 2.45) is 0 Å². The molecule has 0 aliphatic carbocycles. The van der Waals surface area contributed by atoms with Crippen LogP contribution < -0.4 is 5.32 Å². The van der Waals surface area contributed by atoms with Crippen LogP contribution in [0.3, 0.4) is 0 Å². The molecule has 5 N–H and O–H groups in total. The number of aliphatic hydroxyl groups is 4. The van der Waals surface area contributed by atoms with E-state index < -0.39 is 42.7 Å². The van der Waals surface area contributed by atoms with Gasteiger partial charge >= 0.3 is 0 Å². The van der Waals surface area contributed by atoms with E-state index in [9.17, 15) is 20.1 Å². The number of aliphatic hydroxyl groups excluding tert-OH is 4. The lowest BCUT2D eigenvalue weighted by molar-refractivity contribution is -0.263. The van der Waals surface area contributed by atoms with Crippen molar-refractivity contribution in [2.45, 2.75) is 50.1 Å². The molecule has 8 nitrogen and oxygen atoms in total. The van der Waals surface area contributed by atoms with Crippen LogP contribution in [0.25, 0.3) is 0 Å². The molecule has 1 heterocycles. The Morgan fingerprint density at radius 2 is 2.05 bits per heavy atom. The second-order valence-corrected chi connectivity index (χ2v) is 4.49. The van der Waals surface area contributed by atoms with E-state index in [1.165, 1.54) is 7.11 Å². The van der Waals surface area contributed by atoms with Gasteiger partial charge in [-0.15, -0.1) is 0 Å². The van der Waals surface area contributed by atoms with Gasteiger partial charge < -0.3 is 35.2 Å². The normalized spacial score (nSPS) is 36.8. The fraction of sp³-hybridized carbons (Fsp3) is 0.909. The number of ether oxygens (including phenoxy) is 2. The van der Waals surface area contributed by atoms with Crippen LogP contribution in [0.5, 0.6) is 0 Å². The van der Waals surface area contributed by atoms with Gasteiger partial charge in [0.1, 0.15) is 18.3 Å². The Hall–Kier alpha value is -0.770. The third-order valence-electron chi connectivity index (χ3n) is 3.10. The minimum absolute atomic E-state index is 0.104. The standard InChI is InChI=1S/C11H21NO7/c1-5-7(12-10(17)6(14)3-4-13)8(15)9(16)11(18-2)19-5/h5-9,11,13-16H,3-4H2,1-2H3,(H,12,17)/t5-,6+,7-,8+,9+,11+/m0/s1. The van der Waals surface area contributed by atoms with Crippen molar-refractivity contribution in [3.05, 3.63) is 0 Å². The molecule has 6 atom stereocenters.